The molecule has 2 aromatic rings. The van der Waals surface area contributed by atoms with Crippen LogP contribution in [0.25, 0.3) is 11.4 Å². The predicted octanol–water partition coefficient (Wildman–Crippen LogP) is 1.80. The number of nitrogens with zero attached hydrogens (tertiary/aromatic N) is 4. The molecular weight excluding hydrogens is 268 g/mol. The Kier molecular flexibility index (Phi) is 4.23. The molecule has 6 nitrogen and oxygen atoms in total. The summed E-state index contributed by atoms with van der Waals surface area (Å²) in [6, 6.07) is 1.74. The molecule has 0 aliphatic carbocycles. The van der Waals surface area contributed by atoms with Crippen molar-refractivity contribution in [2.75, 3.05) is 18.9 Å². The minimum absolute atomic E-state index is 0.0727. The van der Waals surface area contributed by atoms with Gasteiger partial charge in [0.25, 0.3) is 0 Å². The van der Waals surface area contributed by atoms with Crippen molar-refractivity contribution < 1.29 is 13.5 Å². The van der Waals surface area contributed by atoms with Crippen molar-refractivity contribution >= 4 is 5.69 Å². The van der Waals surface area contributed by atoms with Crippen LogP contribution in [0.2, 0.25) is 0 Å². The SMILES string of the molecule is CCOCC(C)n1nnnc1-c1cc(F)c(F)cc1N. The van der Waals surface area contributed by atoms with Gasteiger partial charge in [0.05, 0.1) is 12.6 Å². The van der Waals surface area contributed by atoms with E-state index in [4.69, 9.17) is 10.5 Å². The molecule has 1 aromatic heterocycles. The normalized spacial score (nSPS) is 12.6. The topological polar surface area (TPSA) is 78.8 Å². The summed E-state index contributed by atoms with van der Waals surface area (Å²) < 4.78 is 33.2. The van der Waals surface area contributed by atoms with E-state index in [0.29, 0.717) is 13.2 Å². The summed E-state index contributed by atoms with van der Waals surface area (Å²) in [6.45, 7) is 4.69. The second-order valence-corrected chi connectivity index (χ2v) is 4.31. The molecule has 1 atom stereocenters. The third-order valence-electron chi connectivity index (χ3n) is 2.81. The van der Waals surface area contributed by atoms with E-state index in [-0.39, 0.29) is 23.1 Å². The zero-order valence-electron chi connectivity index (χ0n) is 11.2. The summed E-state index contributed by atoms with van der Waals surface area (Å²) in [5.74, 6) is -1.73. The zero-order valence-corrected chi connectivity index (χ0v) is 11.2. The summed E-state index contributed by atoms with van der Waals surface area (Å²) >= 11 is 0. The van der Waals surface area contributed by atoms with E-state index in [0.717, 1.165) is 12.1 Å². The largest absolute Gasteiger partial charge is 0.398 e. The van der Waals surface area contributed by atoms with Crippen LogP contribution in [0.3, 0.4) is 0 Å². The van der Waals surface area contributed by atoms with E-state index < -0.39 is 11.6 Å². The van der Waals surface area contributed by atoms with Crippen molar-refractivity contribution in [2.45, 2.75) is 19.9 Å². The Bertz CT molecular complexity index is 602. The van der Waals surface area contributed by atoms with E-state index in [1.807, 2.05) is 13.8 Å². The number of nitrogen functional groups attached to an aromatic ring is 1. The quantitative estimate of drug-likeness (QED) is 0.846. The Balaban J connectivity index is 2.39. The van der Waals surface area contributed by atoms with Crippen LogP contribution < -0.4 is 5.73 Å². The summed E-state index contributed by atoms with van der Waals surface area (Å²) in [7, 11) is 0. The number of anilines is 1. The molecule has 0 aliphatic heterocycles. The second-order valence-electron chi connectivity index (χ2n) is 4.31. The van der Waals surface area contributed by atoms with Gasteiger partial charge in [-0.25, -0.2) is 13.5 Å². The van der Waals surface area contributed by atoms with Gasteiger partial charge in [-0.3, -0.25) is 0 Å². The number of aromatic nitrogens is 4. The molecule has 2 rings (SSSR count). The summed E-state index contributed by atoms with van der Waals surface area (Å²) in [4.78, 5) is 0. The third kappa shape index (κ3) is 2.74. The Hall–Kier alpha value is -2.09. The number of ether oxygens (including phenoxy) is 1. The van der Waals surface area contributed by atoms with Crippen LogP contribution >= 0.6 is 0 Å². The van der Waals surface area contributed by atoms with Crippen LogP contribution in [0, 0.1) is 11.6 Å². The van der Waals surface area contributed by atoms with Gasteiger partial charge in [0.2, 0.25) is 0 Å². The standard InChI is InChI=1S/C12H15F2N5O/c1-3-20-6-7(2)19-12(16-17-18-19)8-4-9(13)10(14)5-11(8)15/h4-5,7H,3,6,15H2,1-2H3. The van der Waals surface area contributed by atoms with Gasteiger partial charge in [0.1, 0.15) is 0 Å². The van der Waals surface area contributed by atoms with Crippen molar-refractivity contribution in [3.63, 3.8) is 0 Å². The fourth-order valence-corrected chi connectivity index (χ4v) is 1.78. The second kappa shape index (κ2) is 5.91. The molecule has 0 fully saturated rings. The lowest BCUT2D eigenvalue weighted by Crippen LogP contribution is -2.15. The van der Waals surface area contributed by atoms with Gasteiger partial charge in [-0.15, -0.1) is 5.10 Å². The van der Waals surface area contributed by atoms with Gasteiger partial charge in [0.15, 0.2) is 17.5 Å². The van der Waals surface area contributed by atoms with Crippen molar-refractivity contribution in [3.05, 3.63) is 23.8 Å². The van der Waals surface area contributed by atoms with Gasteiger partial charge >= 0.3 is 0 Å². The molecule has 0 saturated heterocycles. The Morgan fingerprint density at radius 1 is 1.35 bits per heavy atom. The monoisotopic (exact) mass is 283 g/mol. The maximum Gasteiger partial charge on any atom is 0.184 e. The summed E-state index contributed by atoms with van der Waals surface area (Å²) in [6.07, 6.45) is 0. The molecule has 0 radical (unpaired) electrons. The molecule has 0 saturated carbocycles. The molecule has 108 valence electrons. The zero-order chi connectivity index (χ0) is 14.7. The fourth-order valence-electron chi connectivity index (χ4n) is 1.78. The first-order valence-corrected chi connectivity index (χ1v) is 6.15. The lowest BCUT2D eigenvalue weighted by atomic mass is 10.1. The average Bonchev–Trinajstić information content (AvgIpc) is 2.89. The smallest absolute Gasteiger partial charge is 0.184 e. The molecule has 1 heterocycles. The van der Waals surface area contributed by atoms with Crippen molar-refractivity contribution in [3.8, 4) is 11.4 Å². The van der Waals surface area contributed by atoms with Gasteiger partial charge in [-0.05, 0) is 30.3 Å². The molecule has 20 heavy (non-hydrogen) atoms. The highest BCUT2D eigenvalue weighted by molar-refractivity contribution is 5.71. The number of hydrogen-bond donors (Lipinski definition) is 1. The average molecular weight is 283 g/mol. The summed E-state index contributed by atoms with van der Waals surface area (Å²) in [5.41, 5.74) is 6.02. The minimum Gasteiger partial charge on any atom is -0.398 e. The van der Waals surface area contributed by atoms with Crippen LogP contribution in [-0.4, -0.2) is 33.4 Å². The molecule has 1 unspecified atom stereocenters. The highest BCUT2D eigenvalue weighted by Gasteiger charge is 2.18. The maximum absolute atomic E-state index is 13.4. The van der Waals surface area contributed by atoms with E-state index in [9.17, 15) is 8.78 Å². The molecular formula is C12H15F2N5O. The lowest BCUT2D eigenvalue weighted by Gasteiger charge is -2.14. The van der Waals surface area contributed by atoms with Gasteiger partial charge in [0, 0.05) is 23.9 Å². The van der Waals surface area contributed by atoms with E-state index in [1.165, 1.54) is 4.68 Å². The first-order valence-electron chi connectivity index (χ1n) is 6.15. The molecule has 0 spiro atoms. The number of halogens is 2. The molecule has 0 amide bonds. The number of rotatable bonds is 5. The van der Waals surface area contributed by atoms with E-state index >= 15 is 0 Å². The van der Waals surface area contributed by atoms with Crippen LogP contribution in [-0.2, 0) is 4.74 Å². The molecule has 8 heteroatoms. The number of hydrogen-bond acceptors (Lipinski definition) is 5. The van der Waals surface area contributed by atoms with Crippen LogP contribution in [0.15, 0.2) is 12.1 Å². The third-order valence-corrected chi connectivity index (χ3v) is 2.81. The Labute approximate surface area is 114 Å². The molecule has 2 N–H and O–H groups in total. The van der Waals surface area contributed by atoms with Crippen LogP contribution in [0.1, 0.15) is 19.9 Å². The number of benzene rings is 1. The lowest BCUT2D eigenvalue weighted by molar-refractivity contribution is 0.115. The Morgan fingerprint density at radius 3 is 2.75 bits per heavy atom. The molecule has 0 bridgehead atoms. The highest BCUT2D eigenvalue weighted by atomic mass is 19.2. The highest BCUT2D eigenvalue weighted by Crippen LogP contribution is 2.27. The van der Waals surface area contributed by atoms with Gasteiger partial charge < -0.3 is 10.5 Å². The Morgan fingerprint density at radius 2 is 2.05 bits per heavy atom. The fraction of sp³-hybridized carbons (Fsp3) is 0.417. The first-order chi connectivity index (χ1) is 9.54. The number of nitrogens with two attached hydrogens (primary N) is 1. The van der Waals surface area contributed by atoms with Crippen molar-refractivity contribution in [1.82, 2.24) is 20.2 Å². The van der Waals surface area contributed by atoms with Crippen LogP contribution in [0.5, 0.6) is 0 Å². The number of tetrazole rings is 1. The minimum atomic E-state index is -1.01. The van der Waals surface area contributed by atoms with Crippen LogP contribution in [0.4, 0.5) is 14.5 Å². The van der Waals surface area contributed by atoms with Gasteiger partial charge in [-0.1, -0.05) is 0 Å². The summed E-state index contributed by atoms with van der Waals surface area (Å²) in [5, 5.41) is 11.2. The predicted molar refractivity (Wildman–Crippen MR) is 68.8 cm³/mol. The first kappa shape index (κ1) is 14.3. The van der Waals surface area contributed by atoms with E-state index in [1.54, 1.807) is 0 Å². The maximum atomic E-state index is 13.4. The molecule has 0 aliphatic rings. The van der Waals surface area contributed by atoms with Crippen molar-refractivity contribution in [1.29, 1.82) is 0 Å². The molecule has 1 aromatic carbocycles. The van der Waals surface area contributed by atoms with Gasteiger partial charge in [-0.2, -0.15) is 0 Å². The van der Waals surface area contributed by atoms with Crippen molar-refractivity contribution in [2.24, 2.45) is 0 Å². The van der Waals surface area contributed by atoms with E-state index in [2.05, 4.69) is 15.5 Å².